The fourth-order valence-electron chi connectivity index (χ4n) is 4.84. The van der Waals surface area contributed by atoms with Gasteiger partial charge in [-0.05, 0) is 31.0 Å². The van der Waals surface area contributed by atoms with Crippen molar-refractivity contribution >= 4 is 35.2 Å². The molecular weight excluding hydrogens is 450 g/mol. The number of pyridine rings is 1. The lowest BCUT2D eigenvalue weighted by atomic mass is 9.99. The number of amides is 3. The van der Waals surface area contributed by atoms with Gasteiger partial charge in [-0.2, -0.15) is 5.10 Å². The molecule has 3 aromatic rings. The van der Waals surface area contributed by atoms with Crippen molar-refractivity contribution < 1.29 is 9.59 Å². The standard InChI is InChI=1S/C24H25N7O2S/c32-22(27-16-7-4-10-25-13-16)21-20-19-17(8-11-26-23(19)34-21)31(24(33)28-20)18-9-12-30(29-18)14-15-5-2-1-3-6-15/h1-3,5-6,8-9,11-12,16,20-21,25H,4,7,10,13-14H2,(H,27,32)(H,28,33)/t16?,20?,21-/m1/s1. The van der Waals surface area contributed by atoms with Crippen molar-refractivity contribution in [2.75, 3.05) is 18.0 Å². The molecule has 5 heterocycles. The minimum atomic E-state index is -0.452. The molecule has 0 spiro atoms. The van der Waals surface area contributed by atoms with E-state index in [0.717, 1.165) is 47.8 Å². The fourth-order valence-corrected chi connectivity index (χ4v) is 6.08. The van der Waals surface area contributed by atoms with Gasteiger partial charge in [0.15, 0.2) is 5.82 Å². The first-order valence-electron chi connectivity index (χ1n) is 11.5. The molecule has 0 aliphatic carbocycles. The lowest BCUT2D eigenvalue weighted by molar-refractivity contribution is -0.121. The Hall–Kier alpha value is -3.37. The first-order valence-corrected chi connectivity index (χ1v) is 12.4. The summed E-state index contributed by atoms with van der Waals surface area (Å²) >= 11 is 1.42. The Labute approximate surface area is 201 Å². The predicted molar refractivity (Wildman–Crippen MR) is 129 cm³/mol. The predicted octanol–water partition coefficient (Wildman–Crippen LogP) is 2.57. The van der Waals surface area contributed by atoms with Gasteiger partial charge >= 0.3 is 6.03 Å². The topological polar surface area (TPSA) is 104 Å². The maximum absolute atomic E-state index is 13.3. The van der Waals surface area contributed by atoms with Crippen molar-refractivity contribution in [3.63, 3.8) is 0 Å². The summed E-state index contributed by atoms with van der Waals surface area (Å²) in [7, 11) is 0. The highest BCUT2D eigenvalue weighted by molar-refractivity contribution is 8.01. The quantitative estimate of drug-likeness (QED) is 0.524. The molecule has 10 heteroatoms. The number of aromatic nitrogens is 3. The Morgan fingerprint density at radius 3 is 2.91 bits per heavy atom. The molecule has 0 radical (unpaired) electrons. The zero-order chi connectivity index (χ0) is 23.1. The number of nitrogens with zero attached hydrogens (tertiary/aromatic N) is 4. The lowest BCUT2D eigenvalue weighted by Gasteiger charge is -2.33. The third-order valence-corrected chi connectivity index (χ3v) is 7.74. The molecule has 0 saturated carbocycles. The maximum Gasteiger partial charge on any atom is 0.328 e. The second-order valence-electron chi connectivity index (χ2n) is 8.76. The highest BCUT2D eigenvalue weighted by Gasteiger charge is 2.47. The van der Waals surface area contributed by atoms with Crippen LogP contribution in [-0.4, -0.2) is 51.1 Å². The number of carbonyl (C=O) groups is 2. The molecule has 3 N–H and O–H groups in total. The van der Waals surface area contributed by atoms with E-state index in [1.165, 1.54) is 11.8 Å². The van der Waals surface area contributed by atoms with Crippen molar-refractivity contribution in [1.29, 1.82) is 0 Å². The van der Waals surface area contributed by atoms with Gasteiger partial charge in [0.2, 0.25) is 5.91 Å². The largest absolute Gasteiger partial charge is 0.351 e. The van der Waals surface area contributed by atoms with Gasteiger partial charge in [0.1, 0.15) is 10.3 Å². The first kappa shape index (κ1) is 21.2. The second kappa shape index (κ2) is 8.77. The van der Waals surface area contributed by atoms with E-state index >= 15 is 0 Å². The third-order valence-electron chi connectivity index (χ3n) is 6.45. The zero-order valence-electron chi connectivity index (χ0n) is 18.5. The number of hydrogen-bond donors (Lipinski definition) is 3. The number of benzene rings is 1. The Kier molecular flexibility index (Phi) is 5.46. The summed E-state index contributed by atoms with van der Waals surface area (Å²) in [6.07, 6.45) is 5.56. The van der Waals surface area contributed by atoms with E-state index in [1.54, 1.807) is 11.1 Å². The zero-order valence-corrected chi connectivity index (χ0v) is 19.3. The molecule has 1 fully saturated rings. The van der Waals surface area contributed by atoms with Gasteiger partial charge in [-0.15, -0.1) is 0 Å². The summed E-state index contributed by atoms with van der Waals surface area (Å²) in [6.45, 7) is 2.37. The first-order chi connectivity index (χ1) is 16.7. The molecule has 1 saturated heterocycles. The molecule has 3 aliphatic heterocycles. The Morgan fingerprint density at radius 1 is 1.21 bits per heavy atom. The monoisotopic (exact) mass is 475 g/mol. The number of hydrogen-bond acceptors (Lipinski definition) is 6. The van der Waals surface area contributed by atoms with Crippen LogP contribution in [-0.2, 0) is 11.3 Å². The van der Waals surface area contributed by atoms with Crippen molar-refractivity contribution in [3.05, 3.63) is 66.0 Å². The van der Waals surface area contributed by atoms with Gasteiger partial charge in [0, 0.05) is 36.6 Å². The number of urea groups is 1. The molecule has 6 rings (SSSR count). The van der Waals surface area contributed by atoms with Crippen molar-refractivity contribution in [3.8, 4) is 0 Å². The number of piperidine rings is 1. The molecule has 0 bridgehead atoms. The minimum Gasteiger partial charge on any atom is -0.351 e. The second-order valence-corrected chi connectivity index (χ2v) is 9.89. The molecule has 1 aromatic carbocycles. The number of nitrogens with one attached hydrogen (secondary N) is 3. The van der Waals surface area contributed by atoms with E-state index in [9.17, 15) is 9.59 Å². The minimum absolute atomic E-state index is 0.0615. The van der Waals surface area contributed by atoms with E-state index < -0.39 is 11.3 Å². The molecule has 34 heavy (non-hydrogen) atoms. The summed E-state index contributed by atoms with van der Waals surface area (Å²) < 4.78 is 1.81. The molecular formula is C24H25N7O2S. The van der Waals surface area contributed by atoms with Crippen molar-refractivity contribution in [2.45, 2.75) is 41.7 Å². The summed E-state index contributed by atoms with van der Waals surface area (Å²) in [4.78, 5) is 32.5. The molecule has 3 aliphatic rings. The van der Waals surface area contributed by atoms with Crippen LogP contribution >= 0.6 is 11.8 Å². The Bertz CT molecular complexity index is 1230. The molecule has 3 atom stereocenters. The van der Waals surface area contributed by atoms with Crippen LogP contribution in [0.5, 0.6) is 0 Å². The van der Waals surface area contributed by atoms with E-state index in [-0.39, 0.29) is 18.0 Å². The highest BCUT2D eigenvalue weighted by Crippen LogP contribution is 2.50. The summed E-state index contributed by atoms with van der Waals surface area (Å²) in [5.74, 6) is 0.472. The normalized spacial score (nSPS) is 23.4. The Balaban J connectivity index is 1.26. The van der Waals surface area contributed by atoms with Gasteiger partial charge < -0.3 is 16.0 Å². The molecule has 2 unspecified atom stereocenters. The summed E-state index contributed by atoms with van der Waals surface area (Å²) in [5, 5.41) is 14.5. The van der Waals surface area contributed by atoms with Crippen LogP contribution < -0.4 is 20.9 Å². The van der Waals surface area contributed by atoms with Gasteiger partial charge in [-0.25, -0.2) is 14.7 Å². The van der Waals surface area contributed by atoms with Crippen molar-refractivity contribution in [2.24, 2.45) is 0 Å². The Morgan fingerprint density at radius 2 is 2.09 bits per heavy atom. The van der Waals surface area contributed by atoms with Gasteiger partial charge in [0.05, 0.1) is 18.3 Å². The van der Waals surface area contributed by atoms with Crippen LogP contribution in [0.25, 0.3) is 0 Å². The van der Waals surface area contributed by atoms with Crippen LogP contribution in [0.15, 0.2) is 59.9 Å². The average molecular weight is 476 g/mol. The number of carbonyl (C=O) groups excluding carboxylic acids is 2. The van der Waals surface area contributed by atoms with E-state index in [0.29, 0.717) is 12.4 Å². The molecule has 3 amide bonds. The van der Waals surface area contributed by atoms with Crippen LogP contribution in [0.2, 0.25) is 0 Å². The molecule has 2 aromatic heterocycles. The smallest absolute Gasteiger partial charge is 0.328 e. The van der Waals surface area contributed by atoms with Crippen LogP contribution in [0.4, 0.5) is 16.3 Å². The summed E-state index contributed by atoms with van der Waals surface area (Å²) in [6, 6.07) is 13.1. The van der Waals surface area contributed by atoms with E-state index in [2.05, 4.69) is 26.0 Å². The van der Waals surface area contributed by atoms with E-state index in [4.69, 9.17) is 0 Å². The van der Waals surface area contributed by atoms with Crippen LogP contribution in [0, 0.1) is 0 Å². The number of rotatable bonds is 5. The van der Waals surface area contributed by atoms with Gasteiger partial charge in [0.25, 0.3) is 0 Å². The maximum atomic E-state index is 13.3. The van der Waals surface area contributed by atoms with Crippen molar-refractivity contribution in [1.82, 2.24) is 30.7 Å². The third kappa shape index (κ3) is 3.82. The van der Waals surface area contributed by atoms with Gasteiger partial charge in [-0.3, -0.25) is 9.48 Å². The van der Waals surface area contributed by atoms with Crippen LogP contribution in [0.3, 0.4) is 0 Å². The fraction of sp³-hybridized carbons (Fsp3) is 0.333. The summed E-state index contributed by atoms with van der Waals surface area (Å²) in [5.41, 5.74) is 2.74. The number of anilines is 2. The SMILES string of the molecule is O=C(NC1CCCNC1)[C@@H]1Sc2nccc3c2C1NC(=O)N3c1ccn(Cc2ccccc2)n1. The lowest BCUT2D eigenvalue weighted by Crippen LogP contribution is -2.52. The molecule has 9 nitrogen and oxygen atoms in total. The molecule has 174 valence electrons. The van der Waals surface area contributed by atoms with Gasteiger partial charge in [-0.1, -0.05) is 42.1 Å². The average Bonchev–Trinajstić information content (AvgIpc) is 3.46. The highest BCUT2D eigenvalue weighted by atomic mass is 32.2. The number of thioether (sulfide) groups is 1. The van der Waals surface area contributed by atoms with Crippen LogP contribution in [0.1, 0.15) is 30.0 Å². The van der Waals surface area contributed by atoms with E-state index in [1.807, 2.05) is 53.3 Å².